The highest BCUT2D eigenvalue weighted by molar-refractivity contribution is 5.95. The Morgan fingerprint density at radius 2 is 2.00 bits per heavy atom. The molecule has 1 aliphatic carbocycles. The molecule has 2 rings (SSSR count). The molecule has 0 heterocycles. The van der Waals surface area contributed by atoms with Gasteiger partial charge in [-0.3, -0.25) is 4.79 Å². The van der Waals surface area contributed by atoms with Gasteiger partial charge in [-0.25, -0.2) is 0 Å². The number of benzene rings is 1. The van der Waals surface area contributed by atoms with Gasteiger partial charge in [0, 0.05) is 24.2 Å². The fourth-order valence-electron chi connectivity index (χ4n) is 2.65. The zero-order chi connectivity index (χ0) is 13.1. The highest BCUT2D eigenvalue weighted by Crippen LogP contribution is 2.28. The van der Waals surface area contributed by atoms with Gasteiger partial charge in [-0.2, -0.15) is 0 Å². The van der Waals surface area contributed by atoms with Gasteiger partial charge in [0.25, 0.3) is 0 Å². The van der Waals surface area contributed by atoms with Crippen molar-refractivity contribution < 1.29 is 4.79 Å². The van der Waals surface area contributed by atoms with Crippen LogP contribution >= 0.6 is 0 Å². The molecule has 0 saturated heterocycles. The van der Waals surface area contributed by atoms with Crippen molar-refractivity contribution in [2.45, 2.75) is 39.2 Å². The molecule has 18 heavy (non-hydrogen) atoms. The van der Waals surface area contributed by atoms with Gasteiger partial charge in [-0.05, 0) is 45.2 Å². The van der Waals surface area contributed by atoms with Crippen LogP contribution < -0.4 is 10.6 Å². The Labute approximate surface area is 109 Å². The molecule has 0 bridgehead atoms. The summed E-state index contributed by atoms with van der Waals surface area (Å²) in [6.45, 7) is 4.79. The molecule has 1 aromatic carbocycles. The predicted octanol–water partition coefficient (Wildman–Crippen LogP) is 2.48. The number of anilines is 1. The lowest BCUT2D eigenvalue weighted by Crippen LogP contribution is -2.35. The van der Waals surface area contributed by atoms with Gasteiger partial charge in [-0.1, -0.05) is 17.7 Å². The summed E-state index contributed by atoms with van der Waals surface area (Å²) in [5, 5.41) is 0. The molecular weight excluding hydrogens is 224 g/mol. The van der Waals surface area contributed by atoms with Crippen molar-refractivity contribution in [2.75, 3.05) is 11.4 Å². The summed E-state index contributed by atoms with van der Waals surface area (Å²) < 4.78 is 0. The first-order valence-electron chi connectivity index (χ1n) is 6.75. The highest BCUT2D eigenvalue weighted by atomic mass is 16.2. The predicted molar refractivity (Wildman–Crippen MR) is 74.5 cm³/mol. The average molecular weight is 246 g/mol. The van der Waals surface area contributed by atoms with E-state index < -0.39 is 0 Å². The number of hydrogen-bond donors (Lipinski definition) is 1. The Morgan fingerprint density at radius 3 is 2.50 bits per heavy atom. The molecule has 0 aromatic heterocycles. The van der Waals surface area contributed by atoms with E-state index in [1.165, 1.54) is 5.56 Å². The lowest BCUT2D eigenvalue weighted by atomic mass is 10.1. The average Bonchev–Trinajstić information content (AvgIpc) is 2.79. The number of nitrogens with two attached hydrogens (primary N) is 1. The third-order valence-corrected chi connectivity index (χ3v) is 3.75. The number of aryl methyl sites for hydroxylation is 1. The first-order chi connectivity index (χ1) is 8.61. The van der Waals surface area contributed by atoms with Crippen molar-refractivity contribution in [3.63, 3.8) is 0 Å². The van der Waals surface area contributed by atoms with Gasteiger partial charge < -0.3 is 10.6 Å². The third kappa shape index (κ3) is 2.72. The normalized spacial score (nSPS) is 23.1. The van der Waals surface area contributed by atoms with E-state index >= 15 is 0 Å². The summed E-state index contributed by atoms with van der Waals surface area (Å²) >= 11 is 0. The second-order valence-electron chi connectivity index (χ2n) is 5.19. The van der Waals surface area contributed by atoms with Crippen molar-refractivity contribution >= 4 is 11.6 Å². The van der Waals surface area contributed by atoms with E-state index in [1.54, 1.807) is 0 Å². The van der Waals surface area contributed by atoms with Gasteiger partial charge in [-0.15, -0.1) is 0 Å². The van der Waals surface area contributed by atoms with E-state index in [2.05, 4.69) is 6.92 Å². The second-order valence-corrected chi connectivity index (χ2v) is 5.19. The SMILES string of the molecule is CCN(C(=O)C1CCC(N)C1)c1ccc(C)cc1. The summed E-state index contributed by atoms with van der Waals surface area (Å²) in [5.74, 6) is 0.343. The Bertz CT molecular complexity index is 413. The van der Waals surface area contributed by atoms with Crippen LogP contribution in [0.2, 0.25) is 0 Å². The standard InChI is InChI=1S/C15H22N2O/c1-3-17(14-8-4-11(2)5-9-14)15(18)12-6-7-13(16)10-12/h4-5,8-9,12-13H,3,6-7,10,16H2,1-2H3. The van der Waals surface area contributed by atoms with Crippen molar-refractivity contribution in [2.24, 2.45) is 11.7 Å². The fourth-order valence-corrected chi connectivity index (χ4v) is 2.65. The van der Waals surface area contributed by atoms with Gasteiger partial charge in [0.15, 0.2) is 0 Å². The van der Waals surface area contributed by atoms with Crippen LogP contribution in [0.15, 0.2) is 24.3 Å². The molecule has 0 aliphatic heterocycles. The van der Waals surface area contributed by atoms with Crippen molar-refractivity contribution in [3.8, 4) is 0 Å². The monoisotopic (exact) mass is 246 g/mol. The maximum absolute atomic E-state index is 12.5. The molecule has 1 amide bonds. The largest absolute Gasteiger partial charge is 0.328 e. The molecule has 1 aliphatic rings. The smallest absolute Gasteiger partial charge is 0.230 e. The maximum atomic E-state index is 12.5. The Morgan fingerprint density at radius 1 is 1.33 bits per heavy atom. The molecule has 0 radical (unpaired) electrons. The number of amides is 1. The lowest BCUT2D eigenvalue weighted by Gasteiger charge is -2.24. The minimum Gasteiger partial charge on any atom is -0.328 e. The Hall–Kier alpha value is -1.35. The fraction of sp³-hybridized carbons (Fsp3) is 0.533. The Balaban J connectivity index is 2.13. The third-order valence-electron chi connectivity index (χ3n) is 3.75. The summed E-state index contributed by atoms with van der Waals surface area (Å²) in [7, 11) is 0. The molecule has 1 saturated carbocycles. The summed E-state index contributed by atoms with van der Waals surface area (Å²) in [4.78, 5) is 14.4. The van der Waals surface area contributed by atoms with Gasteiger partial charge in [0.1, 0.15) is 0 Å². The lowest BCUT2D eigenvalue weighted by molar-refractivity contribution is -0.122. The molecule has 1 aromatic rings. The second kappa shape index (κ2) is 5.53. The molecule has 1 fully saturated rings. The molecule has 3 nitrogen and oxygen atoms in total. The van der Waals surface area contributed by atoms with Crippen LogP contribution in [0.4, 0.5) is 5.69 Å². The van der Waals surface area contributed by atoms with E-state index in [0.717, 1.165) is 24.9 Å². The molecular formula is C15H22N2O. The molecule has 2 unspecified atom stereocenters. The minimum absolute atomic E-state index is 0.112. The summed E-state index contributed by atoms with van der Waals surface area (Å²) in [6.07, 6.45) is 2.74. The summed E-state index contributed by atoms with van der Waals surface area (Å²) in [5.41, 5.74) is 8.10. The number of rotatable bonds is 3. The highest BCUT2D eigenvalue weighted by Gasteiger charge is 2.30. The van der Waals surface area contributed by atoms with Crippen LogP contribution in [0, 0.1) is 12.8 Å². The van der Waals surface area contributed by atoms with Crippen LogP contribution in [-0.4, -0.2) is 18.5 Å². The van der Waals surface area contributed by atoms with E-state index in [0.29, 0.717) is 6.54 Å². The summed E-state index contributed by atoms with van der Waals surface area (Å²) in [6, 6.07) is 8.34. The molecule has 2 atom stereocenters. The van der Waals surface area contributed by atoms with Crippen molar-refractivity contribution in [3.05, 3.63) is 29.8 Å². The van der Waals surface area contributed by atoms with E-state index in [9.17, 15) is 4.79 Å². The van der Waals surface area contributed by atoms with Crippen LogP contribution in [0.5, 0.6) is 0 Å². The van der Waals surface area contributed by atoms with Crippen molar-refractivity contribution in [1.82, 2.24) is 0 Å². The minimum atomic E-state index is 0.112. The topological polar surface area (TPSA) is 46.3 Å². The molecule has 98 valence electrons. The zero-order valence-electron chi connectivity index (χ0n) is 11.2. The van der Waals surface area contributed by atoms with Crippen LogP contribution in [0.25, 0.3) is 0 Å². The first kappa shape index (κ1) is 13.1. The van der Waals surface area contributed by atoms with Crippen LogP contribution in [0.3, 0.4) is 0 Å². The van der Waals surface area contributed by atoms with Gasteiger partial charge in [0.2, 0.25) is 5.91 Å². The van der Waals surface area contributed by atoms with E-state index in [1.807, 2.05) is 36.1 Å². The number of carbonyl (C=O) groups excluding carboxylic acids is 1. The number of nitrogens with zero attached hydrogens (tertiary/aromatic N) is 1. The number of carbonyl (C=O) groups is 1. The number of hydrogen-bond acceptors (Lipinski definition) is 2. The first-order valence-corrected chi connectivity index (χ1v) is 6.75. The molecule has 2 N–H and O–H groups in total. The zero-order valence-corrected chi connectivity index (χ0v) is 11.2. The van der Waals surface area contributed by atoms with Gasteiger partial charge >= 0.3 is 0 Å². The van der Waals surface area contributed by atoms with Gasteiger partial charge in [0.05, 0.1) is 0 Å². The van der Waals surface area contributed by atoms with E-state index in [4.69, 9.17) is 5.73 Å². The quantitative estimate of drug-likeness (QED) is 0.890. The van der Waals surface area contributed by atoms with Crippen molar-refractivity contribution in [1.29, 1.82) is 0 Å². The Kier molecular flexibility index (Phi) is 4.02. The van der Waals surface area contributed by atoms with Crippen LogP contribution in [-0.2, 0) is 4.79 Å². The molecule has 0 spiro atoms. The maximum Gasteiger partial charge on any atom is 0.230 e. The van der Waals surface area contributed by atoms with E-state index in [-0.39, 0.29) is 17.9 Å². The van der Waals surface area contributed by atoms with Crippen LogP contribution in [0.1, 0.15) is 31.7 Å². The molecule has 3 heteroatoms.